The highest BCUT2D eigenvalue weighted by molar-refractivity contribution is 7.81. The lowest BCUT2D eigenvalue weighted by Crippen LogP contribution is -2.42. The summed E-state index contributed by atoms with van der Waals surface area (Å²) in [6.07, 6.45) is -5.71. The van der Waals surface area contributed by atoms with Gasteiger partial charge in [0, 0.05) is 13.1 Å². The maximum atomic E-state index is 12.6. The zero-order chi connectivity index (χ0) is 28.9. The molecule has 0 aliphatic rings. The fourth-order valence-corrected chi connectivity index (χ4v) is 3.45. The van der Waals surface area contributed by atoms with Gasteiger partial charge in [0.2, 0.25) is 0 Å². The summed E-state index contributed by atoms with van der Waals surface area (Å²) in [7, 11) is -4.87. The first kappa shape index (κ1) is 34.4. The molecular formula is C22H40N2O12S. The molecule has 2 amide bonds. The number of esters is 2. The molecule has 0 unspecified atom stereocenters. The molecule has 0 aliphatic heterocycles. The van der Waals surface area contributed by atoms with Crippen LogP contribution in [0.15, 0.2) is 0 Å². The summed E-state index contributed by atoms with van der Waals surface area (Å²) in [5.41, 5.74) is -1.64. The van der Waals surface area contributed by atoms with Crippen LogP contribution in [0.4, 0.5) is 9.59 Å². The van der Waals surface area contributed by atoms with E-state index in [0.717, 1.165) is 0 Å². The summed E-state index contributed by atoms with van der Waals surface area (Å²) in [5, 5.41) is 4.62. The van der Waals surface area contributed by atoms with Gasteiger partial charge in [-0.2, -0.15) is 8.42 Å². The molecule has 0 heterocycles. The van der Waals surface area contributed by atoms with Gasteiger partial charge in [-0.25, -0.2) is 18.0 Å². The minimum absolute atomic E-state index is 0.0340. The molecule has 0 fully saturated rings. The Kier molecular flexibility index (Phi) is 14.5. The predicted molar refractivity (Wildman–Crippen MR) is 130 cm³/mol. The summed E-state index contributed by atoms with van der Waals surface area (Å²) < 4.78 is 55.0. The van der Waals surface area contributed by atoms with Crippen molar-refractivity contribution in [3.05, 3.63) is 0 Å². The Morgan fingerprint density at radius 2 is 1.00 bits per heavy atom. The molecule has 2 atom stereocenters. The minimum Gasteiger partial charge on any atom is -0.466 e. The number of ether oxygens (including phenoxy) is 4. The normalized spacial score (nSPS) is 13.6. The highest BCUT2D eigenvalue weighted by Gasteiger charge is 2.30. The molecular weight excluding hydrogens is 516 g/mol. The SMILES string of the molecule is CCOC(=O)C[C@H](CNC(=O)OC(C)(C)C)OS(=O)(=O)O[C@@H](CNC(=O)OC(C)(C)C)CC(=O)OCC. The Labute approximate surface area is 218 Å². The highest BCUT2D eigenvalue weighted by atomic mass is 32.3. The van der Waals surface area contributed by atoms with E-state index in [4.69, 9.17) is 27.3 Å². The summed E-state index contributed by atoms with van der Waals surface area (Å²) in [6, 6.07) is 0. The van der Waals surface area contributed by atoms with Crippen molar-refractivity contribution >= 4 is 34.5 Å². The number of carbonyl (C=O) groups excluding carboxylic acids is 4. The van der Waals surface area contributed by atoms with Gasteiger partial charge in [-0.1, -0.05) is 0 Å². The average Bonchev–Trinajstić information content (AvgIpc) is 2.67. The first-order valence-electron chi connectivity index (χ1n) is 11.7. The van der Waals surface area contributed by atoms with Crippen molar-refractivity contribution in [1.29, 1.82) is 0 Å². The van der Waals surface area contributed by atoms with Crippen LogP contribution in [0.3, 0.4) is 0 Å². The lowest BCUT2D eigenvalue weighted by atomic mass is 10.2. The van der Waals surface area contributed by atoms with Gasteiger partial charge in [0.05, 0.1) is 26.1 Å². The van der Waals surface area contributed by atoms with Crippen molar-refractivity contribution in [2.24, 2.45) is 0 Å². The minimum atomic E-state index is -4.87. The monoisotopic (exact) mass is 556 g/mol. The summed E-state index contributed by atoms with van der Waals surface area (Å²) >= 11 is 0. The van der Waals surface area contributed by atoms with Gasteiger partial charge < -0.3 is 29.6 Å². The second-order valence-corrected chi connectivity index (χ2v) is 10.8. The lowest BCUT2D eigenvalue weighted by molar-refractivity contribution is -0.145. The van der Waals surface area contributed by atoms with E-state index < -0.39 is 83.9 Å². The zero-order valence-electron chi connectivity index (χ0n) is 22.7. The molecule has 0 aromatic heterocycles. The molecule has 0 saturated heterocycles. The Morgan fingerprint density at radius 3 is 1.27 bits per heavy atom. The second kappa shape index (κ2) is 15.6. The van der Waals surface area contributed by atoms with Gasteiger partial charge in [-0.15, -0.1) is 0 Å². The van der Waals surface area contributed by atoms with Crippen LogP contribution in [-0.4, -0.2) is 82.3 Å². The van der Waals surface area contributed by atoms with E-state index in [1.807, 2.05) is 0 Å². The van der Waals surface area contributed by atoms with Crippen LogP contribution in [0.2, 0.25) is 0 Å². The Morgan fingerprint density at radius 1 is 0.676 bits per heavy atom. The van der Waals surface area contributed by atoms with Crippen molar-refractivity contribution in [2.45, 2.75) is 91.6 Å². The zero-order valence-corrected chi connectivity index (χ0v) is 23.5. The Bertz CT molecular complexity index is 798. The molecule has 2 N–H and O–H groups in total. The molecule has 37 heavy (non-hydrogen) atoms. The number of nitrogens with one attached hydrogen (secondary N) is 2. The smallest absolute Gasteiger partial charge is 0.407 e. The van der Waals surface area contributed by atoms with Gasteiger partial charge in [0.25, 0.3) is 0 Å². The number of carbonyl (C=O) groups is 4. The fraction of sp³-hybridized carbons (Fsp3) is 0.818. The van der Waals surface area contributed by atoms with Crippen LogP contribution in [0.5, 0.6) is 0 Å². The molecule has 0 radical (unpaired) electrons. The van der Waals surface area contributed by atoms with Crippen molar-refractivity contribution in [3.63, 3.8) is 0 Å². The standard InChI is InChI=1S/C22H40N2O12S/c1-9-31-17(25)11-15(13-23-19(27)33-21(3,4)5)35-37(29,30)36-16(12-18(26)32-10-2)14-24-20(28)34-22(6,7)8/h15-16H,9-14H2,1-8H3,(H,23,27)(H,24,28)/t15-,16-/m1/s1. The van der Waals surface area contributed by atoms with E-state index in [1.165, 1.54) is 0 Å². The third kappa shape index (κ3) is 19.2. The van der Waals surface area contributed by atoms with E-state index in [2.05, 4.69) is 10.6 Å². The van der Waals surface area contributed by atoms with Crippen LogP contribution in [0.1, 0.15) is 68.2 Å². The predicted octanol–water partition coefficient (Wildman–Crippen LogP) is 1.96. The number of hydrogen-bond acceptors (Lipinski definition) is 12. The molecule has 15 heteroatoms. The maximum absolute atomic E-state index is 12.6. The lowest BCUT2D eigenvalue weighted by Gasteiger charge is -2.23. The number of amides is 2. The van der Waals surface area contributed by atoms with Crippen molar-refractivity contribution in [1.82, 2.24) is 10.6 Å². The third-order valence-corrected chi connectivity index (χ3v) is 4.67. The molecule has 0 aromatic rings. The van der Waals surface area contributed by atoms with Crippen LogP contribution < -0.4 is 10.6 Å². The molecule has 14 nitrogen and oxygen atoms in total. The van der Waals surface area contributed by atoms with Crippen molar-refractivity contribution in [3.8, 4) is 0 Å². The summed E-state index contributed by atoms with van der Waals surface area (Å²) in [6.45, 7) is 12.1. The van der Waals surface area contributed by atoms with E-state index in [1.54, 1.807) is 55.4 Å². The molecule has 0 saturated carbocycles. The molecule has 0 spiro atoms. The molecule has 0 bridgehead atoms. The van der Waals surface area contributed by atoms with E-state index in [9.17, 15) is 27.6 Å². The number of rotatable bonds is 14. The van der Waals surface area contributed by atoms with Gasteiger partial charge >= 0.3 is 34.5 Å². The van der Waals surface area contributed by atoms with Gasteiger partial charge in [-0.05, 0) is 55.4 Å². The van der Waals surface area contributed by atoms with Gasteiger partial charge in [0.15, 0.2) is 0 Å². The van der Waals surface area contributed by atoms with Crippen LogP contribution in [-0.2, 0) is 47.3 Å². The molecule has 0 aromatic carbocycles. The quantitative estimate of drug-likeness (QED) is 0.235. The third-order valence-electron chi connectivity index (χ3n) is 3.65. The van der Waals surface area contributed by atoms with Crippen molar-refractivity contribution in [2.75, 3.05) is 26.3 Å². The topological polar surface area (TPSA) is 182 Å². The summed E-state index contributed by atoms with van der Waals surface area (Å²) in [4.78, 5) is 47.8. The molecule has 216 valence electrons. The van der Waals surface area contributed by atoms with Gasteiger partial charge in [0.1, 0.15) is 23.4 Å². The summed E-state index contributed by atoms with van der Waals surface area (Å²) in [5.74, 6) is -1.58. The van der Waals surface area contributed by atoms with Crippen LogP contribution >= 0.6 is 0 Å². The Balaban J connectivity index is 5.47. The first-order valence-corrected chi connectivity index (χ1v) is 13.1. The second-order valence-electron chi connectivity index (χ2n) is 9.63. The van der Waals surface area contributed by atoms with E-state index >= 15 is 0 Å². The average molecular weight is 557 g/mol. The van der Waals surface area contributed by atoms with E-state index in [-0.39, 0.29) is 13.2 Å². The fourth-order valence-electron chi connectivity index (χ4n) is 2.47. The number of hydrogen-bond donors (Lipinski definition) is 2. The maximum Gasteiger partial charge on any atom is 0.407 e. The first-order chi connectivity index (χ1) is 16.9. The van der Waals surface area contributed by atoms with E-state index in [0.29, 0.717) is 0 Å². The number of alkyl carbamates (subject to hydrolysis) is 2. The molecule has 0 rings (SSSR count). The molecule has 0 aliphatic carbocycles. The van der Waals surface area contributed by atoms with Gasteiger partial charge in [-0.3, -0.25) is 9.59 Å². The van der Waals surface area contributed by atoms with Crippen molar-refractivity contribution < 1.29 is 54.9 Å². The Hall–Kier alpha value is -2.65. The van der Waals surface area contributed by atoms with Crippen LogP contribution in [0, 0.1) is 0 Å². The largest absolute Gasteiger partial charge is 0.466 e. The van der Waals surface area contributed by atoms with Crippen LogP contribution in [0.25, 0.3) is 0 Å². The highest BCUT2D eigenvalue weighted by Crippen LogP contribution is 2.13.